The molecule has 8 heteroatoms. The van der Waals surface area contributed by atoms with E-state index in [1.54, 1.807) is 6.07 Å². The van der Waals surface area contributed by atoms with Gasteiger partial charge >= 0.3 is 5.69 Å². The molecular weight excluding hydrogens is 314 g/mol. The summed E-state index contributed by atoms with van der Waals surface area (Å²) in [5.74, 6) is 0.395. The number of aliphatic hydroxyl groups is 3. The van der Waals surface area contributed by atoms with Crippen molar-refractivity contribution in [3.05, 3.63) is 58.6 Å². The summed E-state index contributed by atoms with van der Waals surface area (Å²) in [6.07, 6.45) is -3.16. The van der Waals surface area contributed by atoms with Gasteiger partial charge in [-0.05, 0) is 11.6 Å². The minimum Gasteiger partial charge on any atom is -0.394 e. The molecule has 4 N–H and O–H groups in total. The zero-order valence-corrected chi connectivity index (χ0v) is 12.8. The summed E-state index contributed by atoms with van der Waals surface area (Å²) in [6, 6.07) is 11.2. The molecule has 4 atom stereocenters. The predicted octanol–water partition coefficient (Wildman–Crippen LogP) is -0.533. The minimum atomic E-state index is -1.32. The van der Waals surface area contributed by atoms with Crippen LogP contribution in [0, 0.1) is 0 Å². The van der Waals surface area contributed by atoms with Gasteiger partial charge in [0.15, 0.2) is 6.23 Å². The van der Waals surface area contributed by atoms with Crippen LogP contribution in [0.15, 0.2) is 47.4 Å². The van der Waals surface area contributed by atoms with Gasteiger partial charge in [0.2, 0.25) is 0 Å². The monoisotopic (exact) mass is 333 g/mol. The van der Waals surface area contributed by atoms with Gasteiger partial charge in [-0.15, -0.1) is 0 Å². The van der Waals surface area contributed by atoms with E-state index in [0.717, 1.165) is 10.1 Å². The Labute approximate surface area is 138 Å². The van der Waals surface area contributed by atoms with Gasteiger partial charge in [0.1, 0.15) is 24.1 Å². The summed E-state index contributed by atoms with van der Waals surface area (Å²) < 4.78 is 6.42. The summed E-state index contributed by atoms with van der Waals surface area (Å²) in [6.45, 7) is 0.0682. The fourth-order valence-corrected chi connectivity index (χ4v) is 2.60. The maximum atomic E-state index is 12.2. The van der Waals surface area contributed by atoms with Crippen LogP contribution in [0.3, 0.4) is 0 Å². The maximum absolute atomic E-state index is 12.2. The van der Waals surface area contributed by atoms with Gasteiger partial charge in [-0.25, -0.2) is 4.79 Å². The van der Waals surface area contributed by atoms with Gasteiger partial charge in [-0.2, -0.15) is 4.98 Å². The quantitative estimate of drug-likeness (QED) is 0.581. The van der Waals surface area contributed by atoms with Gasteiger partial charge in [0.25, 0.3) is 0 Å². The van der Waals surface area contributed by atoms with Crippen molar-refractivity contribution >= 4 is 5.82 Å². The molecule has 0 bridgehead atoms. The molecule has 0 aliphatic carbocycles. The number of anilines is 1. The highest BCUT2D eigenvalue weighted by Gasteiger charge is 2.43. The second-order valence-corrected chi connectivity index (χ2v) is 5.57. The normalized spacial score (nSPS) is 26.5. The number of hydrogen-bond acceptors (Lipinski definition) is 7. The van der Waals surface area contributed by atoms with E-state index in [9.17, 15) is 15.0 Å². The topological polar surface area (TPSA) is 117 Å². The highest BCUT2D eigenvalue weighted by molar-refractivity contribution is 5.33. The third-order valence-corrected chi connectivity index (χ3v) is 3.94. The lowest BCUT2D eigenvalue weighted by atomic mass is 10.1. The summed E-state index contributed by atoms with van der Waals surface area (Å²) >= 11 is 0. The molecule has 2 heterocycles. The third kappa shape index (κ3) is 3.31. The molecule has 1 aliphatic heterocycles. The Hall–Kier alpha value is -2.26. The van der Waals surface area contributed by atoms with Crippen molar-refractivity contribution in [2.24, 2.45) is 0 Å². The summed E-state index contributed by atoms with van der Waals surface area (Å²) in [7, 11) is 0. The van der Waals surface area contributed by atoms with Crippen molar-refractivity contribution in [3.8, 4) is 0 Å². The Morgan fingerprint density at radius 2 is 1.92 bits per heavy atom. The molecule has 0 saturated carbocycles. The molecule has 0 unspecified atom stereocenters. The molecule has 1 aliphatic rings. The van der Waals surface area contributed by atoms with E-state index in [2.05, 4.69) is 10.3 Å². The number of hydrogen-bond donors (Lipinski definition) is 4. The SMILES string of the molecule is O=c1nc(NCc2ccccc2)ccn1[C@H]1O[C@@H](CO)[C@H](O)[C@@H]1O. The number of nitrogens with one attached hydrogen (secondary N) is 1. The minimum absolute atomic E-state index is 0.395. The molecule has 2 aromatic rings. The number of aromatic nitrogens is 2. The highest BCUT2D eigenvalue weighted by atomic mass is 16.6. The van der Waals surface area contributed by atoms with Crippen LogP contribution in [0.25, 0.3) is 0 Å². The second-order valence-electron chi connectivity index (χ2n) is 5.57. The average molecular weight is 333 g/mol. The van der Waals surface area contributed by atoms with Crippen LogP contribution in [0.4, 0.5) is 5.82 Å². The summed E-state index contributed by atoms with van der Waals surface area (Å²) in [5.41, 5.74) is 0.426. The third-order valence-electron chi connectivity index (χ3n) is 3.94. The predicted molar refractivity (Wildman–Crippen MR) is 85.3 cm³/mol. The molecule has 1 saturated heterocycles. The Bertz CT molecular complexity index is 736. The molecule has 24 heavy (non-hydrogen) atoms. The standard InChI is InChI=1S/C16H19N3O5/c20-9-11-13(21)14(22)15(24-11)19-7-6-12(18-16(19)23)17-8-10-4-2-1-3-5-10/h1-7,11,13-15,20-22H,8-9H2,(H,17,18,23)/t11-,13-,14-,15-/m0/s1. The van der Waals surface area contributed by atoms with Crippen LogP contribution in [0.5, 0.6) is 0 Å². The molecule has 0 spiro atoms. The van der Waals surface area contributed by atoms with Crippen molar-refractivity contribution < 1.29 is 20.1 Å². The van der Waals surface area contributed by atoms with E-state index in [0.29, 0.717) is 12.4 Å². The Morgan fingerprint density at radius 1 is 1.17 bits per heavy atom. The van der Waals surface area contributed by atoms with Crippen LogP contribution < -0.4 is 11.0 Å². The molecule has 0 amide bonds. The van der Waals surface area contributed by atoms with E-state index < -0.39 is 36.8 Å². The first-order chi connectivity index (χ1) is 11.6. The Kier molecular flexibility index (Phi) is 4.91. The zero-order valence-electron chi connectivity index (χ0n) is 12.8. The van der Waals surface area contributed by atoms with Crippen molar-refractivity contribution in [2.75, 3.05) is 11.9 Å². The van der Waals surface area contributed by atoms with Gasteiger partial charge in [0, 0.05) is 12.7 Å². The molecule has 1 aromatic carbocycles. The lowest BCUT2D eigenvalue weighted by molar-refractivity contribution is -0.0549. The van der Waals surface area contributed by atoms with Gasteiger partial charge in [0.05, 0.1) is 6.61 Å². The van der Waals surface area contributed by atoms with Crippen molar-refractivity contribution in [3.63, 3.8) is 0 Å². The van der Waals surface area contributed by atoms with Crippen molar-refractivity contribution in [1.82, 2.24) is 9.55 Å². The van der Waals surface area contributed by atoms with Crippen LogP contribution >= 0.6 is 0 Å². The van der Waals surface area contributed by atoms with Gasteiger partial charge < -0.3 is 25.4 Å². The largest absolute Gasteiger partial charge is 0.394 e. The molecule has 0 radical (unpaired) electrons. The fourth-order valence-electron chi connectivity index (χ4n) is 2.60. The molecular formula is C16H19N3O5. The molecule has 1 aromatic heterocycles. The molecule has 8 nitrogen and oxygen atoms in total. The number of rotatable bonds is 5. The summed E-state index contributed by atoms with van der Waals surface area (Å²) in [5, 5.41) is 31.9. The van der Waals surface area contributed by atoms with E-state index in [-0.39, 0.29) is 0 Å². The maximum Gasteiger partial charge on any atom is 0.351 e. The summed E-state index contributed by atoms with van der Waals surface area (Å²) in [4.78, 5) is 16.1. The molecule has 128 valence electrons. The lowest BCUT2D eigenvalue weighted by Gasteiger charge is -2.17. The number of nitrogens with zero attached hydrogens (tertiary/aromatic N) is 2. The van der Waals surface area contributed by atoms with E-state index in [1.165, 1.54) is 6.20 Å². The van der Waals surface area contributed by atoms with Crippen LogP contribution in [-0.4, -0.2) is 49.8 Å². The first-order valence-corrected chi connectivity index (χ1v) is 7.59. The van der Waals surface area contributed by atoms with Crippen LogP contribution in [-0.2, 0) is 11.3 Å². The first kappa shape index (κ1) is 16.6. The van der Waals surface area contributed by atoms with Crippen LogP contribution in [0.1, 0.15) is 11.8 Å². The lowest BCUT2D eigenvalue weighted by Crippen LogP contribution is -2.36. The smallest absolute Gasteiger partial charge is 0.351 e. The van der Waals surface area contributed by atoms with E-state index >= 15 is 0 Å². The van der Waals surface area contributed by atoms with Crippen molar-refractivity contribution in [2.45, 2.75) is 31.1 Å². The van der Waals surface area contributed by atoms with Crippen LogP contribution in [0.2, 0.25) is 0 Å². The van der Waals surface area contributed by atoms with Crippen molar-refractivity contribution in [1.29, 1.82) is 0 Å². The fraction of sp³-hybridized carbons (Fsp3) is 0.375. The van der Waals surface area contributed by atoms with Gasteiger partial charge in [-0.1, -0.05) is 30.3 Å². The van der Waals surface area contributed by atoms with Gasteiger partial charge in [-0.3, -0.25) is 4.57 Å². The number of aliphatic hydroxyl groups excluding tert-OH is 3. The Morgan fingerprint density at radius 3 is 2.54 bits per heavy atom. The number of benzene rings is 1. The zero-order chi connectivity index (χ0) is 17.1. The average Bonchev–Trinajstić information content (AvgIpc) is 2.89. The highest BCUT2D eigenvalue weighted by Crippen LogP contribution is 2.28. The Balaban J connectivity index is 1.72. The molecule has 1 fully saturated rings. The number of ether oxygens (including phenoxy) is 1. The molecule has 3 rings (SSSR count). The second kappa shape index (κ2) is 7.10. The van der Waals surface area contributed by atoms with E-state index in [1.807, 2.05) is 30.3 Å². The van der Waals surface area contributed by atoms with E-state index in [4.69, 9.17) is 9.84 Å². The first-order valence-electron chi connectivity index (χ1n) is 7.59.